The highest BCUT2D eigenvalue weighted by Crippen LogP contribution is 2.38. The lowest BCUT2D eigenvalue weighted by Crippen LogP contribution is -2.42. The average Bonchev–Trinajstić information content (AvgIpc) is 2.44. The van der Waals surface area contributed by atoms with Crippen molar-refractivity contribution in [3.63, 3.8) is 0 Å². The molecule has 0 bridgehead atoms. The van der Waals surface area contributed by atoms with Crippen LogP contribution in [0.1, 0.15) is 46.5 Å². The summed E-state index contributed by atoms with van der Waals surface area (Å²) in [5.74, 6) is 1.26. The molecule has 1 aliphatic carbocycles. The Morgan fingerprint density at radius 3 is 2.26 bits per heavy atom. The first kappa shape index (κ1) is 20.4. The van der Waals surface area contributed by atoms with Gasteiger partial charge in [0.25, 0.3) is 0 Å². The molecule has 0 heterocycles. The number of amidine groups is 1. The quantitative estimate of drug-likeness (QED) is 0.216. The van der Waals surface area contributed by atoms with Crippen LogP contribution in [0, 0.1) is 11.8 Å². The predicted octanol–water partition coefficient (Wildman–Crippen LogP) is 2.41. The highest BCUT2D eigenvalue weighted by atomic mass is 28.4. The summed E-state index contributed by atoms with van der Waals surface area (Å²) in [6.45, 7) is 11.9. The van der Waals surface area contributed by atoms with E-state index >= 15 is 0 Å². The van der Waals surface area contributed by atoms with Gasteiger partial charge >= 0.3 is 0 Å². The number of rotatable bonds is 7. The molecule has 136 valence electrons. The van der Waals surface area contributed by atoms with Gasteiger partial charge in [-0.3, -0.25) is 0 Å². The summed E-state index contributed by atoms with van der Waals surface area (Å²) in [4.78, 5) is 4.81. The monoisotopic (exact) mass is 346 g/mol. The molecule has 0 aromatic carbocycles. The fourth-order valence-corrected chi connectivity index (χ4v) is 3.51. The zero-order valence-corrected chi connectivity index (χ0v) is 16.2. The first-order chi connectivity index (χ1) is 10.5. The number of oxime groups is 1. The molecule has 0 aromatic heterocycles. The molecule has 0 saturated heterocycles. The van der Waals surface area contributed by atoms with Gasteiger partial charge in [0.05, 0.1) is 0 Å². The number of hydrogen-bond donors (Lipinski definition) is 3. The normalized spacial score (nSPS) is 24.1. The first-order valence-corrected chi connectivity index (χ1v) is 11.4. The third-order valence-corrected chi connectivity index (χ3v) is 9.65. The molecule has 23 heavy (non-hydrogen) atoms. The maximum atomic E-state index is 8.70. The Hall–Kier alpha value is -0.633. The summed E-state index contributed by atoms with van der Waals surface area (Å²) in [7, 11) is -1.67. The molecule has 0 atom stereocenters. The lowest BCUT2D eigenvalue weighted by Gasteiger charge is -2.38. The van der Waals surface area contributed by atoms with E-state index in [4.69, 9.17) is 25.2 Å². The summed E-state index contributed by atoms with van der Waals surface area (Å²) in [5, 5.41) is 21.4. The average molecular weight is 347 g/mol. The van der Waals surface area contributed by atoms with E-state index in [0.29, 0.717) is 11.8 Å². The Bertz CT molecular complexity index is 386. The van der Waals surface area contributed by atoms with Crippen LogP contribution >= 0.6 is 0 Å². The van der Waals surface area contributed by atoms with Crippen LogP contribution < -0.4 is 5.73 Å². The van der Waals surface area contributed by atoms with E-state index in [1.165, 1.54) is 0 Å². The number of nitrogens with zero attached hydrogens (tertiary/aromatic N) is 1. The largest absolute Gasteiger partial charge is 0.417 e. The van der Waals surface area contributed by atoms with Gasteiger partial charge in [-0.05, 0) is 49.7 Å². The standard InChI is InChI=1S/C16H34N2O4Si/c1-16(2,3)23(4,5)22-10-12-6-8-13(9-7-12)15(17)18-21-11-14(19)20/h12-14,19-20H,6-11H2,1-5H3,(H2,17,18). The Morgan fingerprint density at radius 1 is 1.22 bits per heavy atom. The maximum Gasteiger partial charge on any atom is 0.191 e. The second kappa shape index (κ2) is 8.46. The molecule has 1 fully saturated rings. The second-order valence-corrected chi connectivity index (χ2v) is 12.9. The number of aliphatic hydroxyl groups excluding tert-OH is 1. The third kappa shape index (κ3) is 6.79. The van der Waals surface area contributed by atoms with E-state index in [1.54, 1.807) is 0 Å². The van der Waals surface area contributed by atoms with E-state index in [9.17, 15) is 0 Å². The van der Waals surface area contributed by atoms with Gasteiger partial charge in [0.1, 0.15) is 5.84 Å². The molecule has 1 aliphatic rings. The molecule has 4 N–H and O–H groups in total. The van der Waals surface area contributed by atoms with Crippen molar-refractivity contribution in [2.24, 2.45) is 22.7 Å². The summed E-state index contributed by atoms with van der Waals surface area (Å²) in [5.41, 5.74) is 5.92. The summed E-state index contributed by atoms with van der Waals surface area (Å²) in [6, 6.07) is 0. The van der Waals surface area contributed by atoms with Crippen LogP contribution in [0.15, 0.2) is 5.16 Å². The van der Waals surface area contributed by atoms with Gasteiger partial charge in [-0.25, -0.2) is 0 Å². The van der Waals surface area contributed by atoms with Crippen LogP contribution in [-0.4, -0.2) is 43.9 Å². The SMILES string of the molecule is CC(C)(C)[Si](C)(C)OCC1CCC(C(N)=NOCC(O)O)CC1. The molecule has 6 nitrogen and oxygen atoms in total. The van der Waals surface area contributed by atoms with Crippen LogP contribution in [0.5, 0.6) is 0 Å². The van der Waals surface area contributed by atoms with E-state index in [0.717, 1.165) is 32.3 Å². The van der Waals surface area contributed by atoms with Crippen molar-refractivity contribution >= 4 is 14.2 Å². The third-order valence-electron chi connectivity index (χ3n) is 5.14. The molecule has 0 radical (unpaired) electrons. The molecule has 1 rings (SSSR count). The Balaban J connectivity index is 2.35. The number of nitrogens with two attached hydrogens (primary N) is 1. The Kier molecular flexibility index (Phi) is 7.51. The Labute approximate surface area is 141 Å². The Morgan fingerprint density at radius 2 is 1.78 bits per heavy atom. The van der Waals surface area contributed by atoms with Crippen molar-refractivity contribution in [2.45, 2.75) is 70.9 Å². The van der Waals surface area contributed by atoms with Crippen LogP contribution in [-0.2, 0) is 9.26 Å². The van der Waals surface area contributed by atoms with E-state index in [2.05, 4.69) is 39.0 Å². The zero-order chi connectivity index (χ0) is 17.7. The highest BCUT2D eigenvalue weighted by molar-refractivity contribution is 6.74. The van der Waals surface area contributed by atoms with Crippen LogP contribution in [0.4, 0.5) is 0 Å². The fraction of sp³-hybridized carbons (Fsp3) is 0.938. The van der Waals surface area contributed by atoms with E-state index < -0.39 is 14.6 Å². The maximum absolute atomic E-state index is 8.70. The molecule has 0 amide bonds. The highest BCUT2D eigenvalue weighted by Gasteiger charge is 2.38. The van der Waals surface area contributed by atoms with E-state index in [-0.39, 0.29) is 17.6 Å². The van der Waals surface area contributed by atoms with Crippen LogP contribution in [0.25, 0.3) is 0 Å². The van der Waals surface area contributed by atoms with Crippen LogP contribution in [0.2, 0.25) is 18.1 Å². The molecule has 7 heteroatoms. The van der Waals surface area contributed by atoms with Crippen molar-refractivity contribution in [3.05, 3.63) is 0 Å². The van der Waals surface area contributed by atoms with Crippen LogP contribution in [0.3, 0.4) is 0 Å². The van der Waals surface area contributed by atoms with Crippen molar-refractivity contribution in [3.8, 4) is 0 Å². The van der Waals surface area contributed by atoms with Gasteiger partial charge in [0.15, 0.2) is 21.2 Å². The van der Waals surface area contributed by atoms with Crippen molar-refractivity contribution in [1.82, 2.24) is 0 Å². The smallest absolute Gasteiger partial charge is 0.191 e. The van der Waals surface area contributed by atoms with Gasteiger partial charge < -0.3 is 25.2 Å². The van der Waals surface area contributed by atoms with Gasteiger partial charge in [-0.15, -0.1) is 0 Å². The number of aliphatic hydroxyl groups is 2. The molecule has 0 aliphatic heterocycles. The topological polar surface area (TPSA) is 97.3 Å². The molecule has 1 saturated carbocycles. The fourth-order valence-electron chi connectivity index (χ4n) is 2.42. The minimum atomic E-state index is -1.67. The van der Waals surface area contributed by atoms with Gasteiger partial charge in [-0.1, -0.05) is 25.9 Å². The summed E-state index contributed by atoms with van der Waals surface area (Å²) >= 11 is 0. The zero-order valence-electron chi connectivity index (χ0n) is 15.2. The summed E-state index contributed by atoms with van der Waals surface area (Å²) < 4.78 is 6.32. The van der Waals surface area contributed by atoms with Crippen molar-refractivity contribution in [2.75, 3.05) is 13.2 Å². The summed E-state index contributed by atoms with van der Waals surface area (Å²) in [6.07, 6.45) is 2.60. The minimum absolute atomic E-state index is 0.218. The number of hydrogen-bond acceptors (Lipinski definition) is 5. The van der Waals surface area contributed by atoms with Crippen molar-refractivity contribution < 1.29 is 19.5 Å². The van der Waals surface area contributed by atoms with Gasteiger partial charge in [0, 0.05) is 12.5 Å². The lowest BCUT2D eigenvalue weighted by molar-refractivity contribution is -0.0943. The molecule has 0 unspecified atom stereocenters. The lowest BCUT2D eigenvalue weighted by atomic mass is 9.82. The van der Waals surface area contributed by atoms with Gasteiger partial charge in [0.2, 0.25) is 0 Å². The minimum Gasteiger partial charge on any atom is -0.417 e. The predicted molar refractivity (Wildman–Crippen MR) is 94.4 cm³/mol. The molecule has 0 spiro atoms. The van der Waals surface area contributed by atoms with Gasteiger partial charge in [-0.2, -0.15) is 0 Å². The molecule has 0 aromatic rings. The van der Waals surface area contributed by atoms with Crippen molar-refractivity contribution in [1.29, 1.82) is 0 Å². The molecular formula is C16H34N2O4Si. The first-order valence-electron chi connectivity index (χ1n) is 8.48. The van der Waals surface area contributed by atoms with E-state index in [1.807, 2.05) is 0 Å². The second-order valence-electron chi connectivity index (χ2n) is 8.08. The molecular weight excluding hydrogens is 312 g/mol.